The second-order valence-electron chi connectivity index (χ2n) is 10.1. The van der Waals surface area contributed by atoms with E-state index >= 15 is 0 Å². The van der Waals surface area contributed by atoms with Crippen LogP contribution in [0.2, 0.25) is 0 Å². The van der Waals surface area contributed by atoms with Gasteiger partial charge in [-0.1, -0.05) is 92.7 Å². The second kappa shape index (κ2) is 12.6. The van der Waals surface area contributed by atoms with Crippen LogP contribution in [0.5, 0.6) is 5.75 Å². The van der Waals surface area contributed by atoms with Gasteiger partial charge in [-0.25, -0.2) is 0 Å². The summed E-state index contributed by atoms with van der Waals surface area (Å²) < 4.78 is 70.2. The maximum Gasteiger partial charge on any atom is 0.416 e. The number of carbonyl (C=O) groups excluding carboxylic acids is 1. The number of nitrogens with zero attached hydrogens (tertiary/aromatic N) is 1. The molecule has 0 atom stereocenters. The van der Waals surface area contributed by atoms with Gasteiger partial charge in [0.2, 0.25) is 5.91 Å². The molecule has 4 rings (SSSR count). The van der Waals surface area contributed by atoms with E-state index in [1.54, 1.807) is 17.0 Å². The summed E-state index contributed by atoms with van der Waals surface area (Å²) in [5.74, 6) is -0.581. The van der Waals surface area contributed by atoms with Crippen LogP contribution < -0.4 is 4.18 Å². The Kier molecular flexibility index (Phi) is 9.18. The number of hydrogen-bond acceptors (Lipinski definition) is 4. The minimum atomic E-state index is -4.70. The number of halogens is 3. The summed E-state index contributed by atoms with van der Waals surface area (Å²) >= 11 is 0. The number of alkyl halides is 3. The number of amides is 1. The molecule has 0 radical (unpaired) electrons. The molecule has 0 aromatic heterocycles. The molecule has 0 saturated carbocycles. The van der Waals surface area contributed by atoms with Crippen molar-refractivity contribution in [1.82, 2.24) is 4.90 Å². The van der Waals surface area contributed by atoms with Crippen LogP contribution in [0.4, 0.5) is 13.2 Å². The largest absolute Gasteiger partial charge is 0.416 e. The van der Waals surface area contributed by atoms with E-state index in [1.165, 1.54) is 12.1 Å². The molecule has 1 amide bonds. The number of carbonyl (C=O) groups is 1. The van der Waals surface area contributed by atoms with Gasteiger partial charge in [-0.3, -0.25) is 4.79 Å². The van der Waals surface area contributed by atoms with E-state index in [2.05, 4.69) is 0 Å². The minimum Gasteiger partial charge on any atom is -0.379 e. The summed E-state index contributed by atoms with van der Waals surface area (Å²) in [5, 5.41) is 0. The predicted molar refractivity (Wildman–Crippen MR) is 151 cm³/mol. The molecule has 0 aliphatic heterocycles. The van der Waals surface area contributed by atoms with Gasteiger partial charge < -0.3 is 9.08 Å². The molecule has 9 heteroatoms. The first-order valence-corrected chi connectivity index (χ1v) is 14.4. The van der Waals surface area contributed by atoms with Crippen LogP contribution in [0, 0.1) is 5.92 Å². The molecule has 0 aliphatic carbocycles. The zero-order valence-electron chi connectivity index (χ0n) is 22.6. The summed E-state index contributed by atoms with van der Waals surface area (Å²) in [7, 11) is -4.54. The average molecular weight is 582 g/mol. The number of rotatable bonds is 10. The van der Waals surface area contributed by atoms with Gasteiger partial charge in [0.05, 0.1) is 11.5 Å². The molecule has 0 unspecified atom stereocenters. The Morgan fingerprint density at radius 1 is 0.805 bits per heavy atom. The highest BCUT2D eigenvalue weighted by Crippen LogP contribution is 2.32. The zero-order chi connectivity index (χ0) is 29.6. The lowest BCUT2D eigenvalue weighted by molar-refractivity contribution is -0.137. The lowest BCUT2D eigenvalue weighted by Crippen LogP contribution is -2.37. The molecule has 4 aromatic rings. The van der Waals surface area contributed by atoms with Crippen LogP contribution in [0.1, 0.15) is 42.0 Å². The van der Waals surface area contributed by atoms with Crippen molar-refractivity contribution in [2.75, 3.05) is 6.54 Å². The summed E-state index contributed by atoms with van der Waals surface area (Å²) in [6.07, 6.45) is -4.70. The van der Waals surface area contributed by atoms with Crippen LogP contribution in [0.15, 0.2) is 114 Å². The third-order valence-electron chi connectivity index (χ3n) is 6.34. The molecule has 0 heterocycles. The van der Waals surface area contributed by atoms with Gasteiger partial charge in [-0.2, -0.15) is 21.6 Å². The molecule has 0 fully saturated rings. The van der Waals surface area contributed by atoms with Crippen molar-refractivity contribution in [3.05, 3.63) is 131 Å². The van der Waals surface area contributed by atoms with Crippen molar-refractivity contribution in [1.29, 1.82) is 0 Å². The molecule has 4 aromatic carbocycles. The highest BCUT2D eigenvalue weighted by atomic mass is 32.2. The average Bonchev–Trinajstić information content (AvgIpc) is 2.93. The van der Waals surface area contributed by atoms with E-state index in [9.17, 15) is 26.4 Å². The third kappa shape index (κ3) is 7.76. The number of benzene rings is 4. The maximum atomic E-state index is 14.1. The molecule has 0 aliphatic rings. The third-order valence-corrected chi connectivity index (χ3v) is 7.58. The first-order valence-electron chi connectivity index (χ1n) is 13.0. The Labute approximate surface area is 238 Å². The smallest absolute Gasteiger partial charge is 0.379 e. The monoisotopic (exact) mass is 581 g/mol. The van der Waals surface area contributed by atoms with Crippen molar-refractivity contribution in [3.8, 4) is 5.75 Å². The van der Waals surface area contributed by atoms with Gasteiger partial charge in [0.1, 0.15) is 10.6 Å². The molecule has 41 heavy (non-hydrogen) atoms. The van der Waals surface area contributed by atoms with Gasteiger partial charge in [0.25, 0.3) is 0 Å². The fraction of sp³-hybridized carbons (Fsp3) is 0.219. The molecule has 0 bridgehead atoms. The SMILES string of the molecule is CC(C)CN(Cc1cccc(OS(=O)(=O)c2cccc(C(F)(F)F)c2)c1)C(=O)C(c1ccccc1)c1ccccc1. The van der Waals surface area contributed by atoms with Crippen LogP contribution in [0.3, 0.4) is 0 Å². The van der Waals surface area contributed by atoms with E-state index < -0.39 is 32.7 Å². The van der Waals surface area contributed by atoms with Crippen LogP contribution in [-0.4, -0.2) is 25.8 Å². The topological polar surface area (TPSA) is 63.7 Å². The maximum absolute atomic E-state index is 14.1. The molecular weight excluding hydrogens is 551 g/mol. The van der Waals surface area contributed by atoms with Crippen molar-refractivity contribution in [2.45, 2.75) is 37.4 Å². The lowest BCUT2D eigenvalue weighted by Gasteiger charge is -2.29. The lowest BCUT2D eigenvalue weighted by atomic mass is 9.89. The van der Waals surface area contributed by atoms with Crippen LogP contribution in [0.25, 0.3) is 0 Å². The summed E-state index contributed by atoms with van der Waals surface area (Å²) in [6.45, 7) is 4.62. The highest BCUT2D eigenvalue weighted by molar-refractivity contribution is 7.87. The Morgan fingerprint density at radius 2 is 1.39 bits per heavy atom. The minimum absolute atomic E-state index is 0.0699. The predicted octanol–water partition coefficient (Wildman–Crippen LogP) is 7.29. The summed E-state index contributed by atoms with van der Waals surface area (Å²) in [5.41, 5.74) is 1.21. The quantitative estimate of drug-likeness (QED) is 0.185. The first-order chi connectivity index (χ1) is 19.4. The van der Waals surface area contributed by atoms with E-state index in [4.69, 9.17) is 4.18 Å². The summed E-state index contributed by atoms with van der Waals surface area (Å²) in [6, 6.07) is 28.6. The molecule has 214 valence electrons. The van der Waals surface area contributed by atoms with Crippen LogP contribution in [-0.2, 0) is 27.6 Å². The fourth-order valence-electron chi connectivity index (χ4n) is 4.54. The Balaban J connectivity index is 1.61. The standard InChI is InChI=1S/C32H30F3NO4S/c1-23(2)21-36(31(37)30(25-12-5-3-6-13-25)26-14-7-4-8-15-26)22-24-11-9-17-28(19-24)40-41(38,39)29-18-10-16-27(20-29)32(33,34)35/h3-20,23,30H,21-22H2,1-2H3. The van der Waals surface area contributed by atoms with E-state index in [0.717, 1.165) is 29.3 Å². The van der Waals surface area contributed by atoms with Gasteiger partial charge >= 0.3 is 16.3 Å². The van der Waals surface area contributed by atoms with Crippen molar-refractivity contribution < 1.29 is 30.6 Å². The van der Waals surface area contributed by atoms with Gasteiger partial charge in [-0.05, 0) is 52.9 Å². The summed E-state index contributed by atoms with van der Waals surface area (Å²) in [4.78, 5) is 15.2. The zero-order valence-corrected chi connectivity index (χ0v) is 23.4. The molecule has 0 N–H and O–H groups in total. The van der Waals surface area contributed by atoms with E-state index in [1.807, 2.05) is 74.5 Å². The van der Waals surface area contributed by atoms with Gasteiger partial charge in [-0.15, -0.1) is 0 Å². The molecule has 5 nitrogen and oxygen atoms in total. The normalized spacial score (nSPS) is 12.0. The molecular formula is C32H30F3NO4S. The van der Waals surface area contributed by atoms with Crippen molar-refractivity contribution >= 4 is 16.0 Å². The van der Waals surface area contributed by atoms with E-state index in [-0.39, 0.29) is 24.1 Å². The highest BCUT2D eigenvalue weighted by Gasteiger charge is 2.32. The number of hydrogen-bond donors (Lipinski definition) is 0. The Hall–Kier alpha value is -4.11. The van der Waals surface area contributed by atoms with Crippen molar-refractivity contribution in [2.24, 2.45) is 5.92 Å². The van der Waals surface area contributed by atoms with E-state index in [0.29, 0.717) is 18.2 Å². The Morgan fingerprint density at radius 3 is 1.95 bits per heavy atom. The van der Waals surface area contributed by atoms with Crippen molar-refractivity contribution in [3.63, 3.8) is 0 Å². The van der Waals surface area contributed by atoms with Gasteiger partial charge in [0, 0.05) is 13.1 Å². The second-order valence-corrected chi connectivity index (χ2v) is 11.6. The first kappa shape index (κ1) is 29.9. The van der Waals surface area contributed by atoms with Gasteiger partial charge in [0.15, 0.2) is 0 Å². The molecule has 0 saturated heterocycles. The molecule has 0 spiro atoms. The van der Waals surface area contributed by atoms with Crippen LogP contribution >= 0.6 is 0 Å². The fourth-order valence-corrected chi connectivity index (χ4v) is 5.51. The Bertz CT molecular complexity index is 1530.